The van der Waals surface area contributed by atoms with Crippen molar-refractivity contribution < 1.29 is 14.4 Å². The van der Waals surface area contributed by atoms with E-state index in [1.54, 1.807) is 0 Å². The summed E-state index contributed by atoms with van der Waals surface area (Å²) in [6.45, 7) is 1.93. The van der Waals surface area contributed by atoms with Gasteiger partial charge in [0.1, 0.15) is 0 Å². The zero-order chi connectivity index (χ0) is 13.2. The summed E-state index contributed by atoms with van der Waals surface area (Å²) >= 11 is 0. The van der Waals surface area contributed by atoms with Crippen molar-refractivity contribution in [2.75, 3.05) is 18.0 Å². The van der Waals surface area contributed by atoms with Gasteiger partial charge in [-0.25, -0.2) is 0 Å². The second kappa shape index (κ2) is 5.19. The van der Waals surface area contributed by atoms with Crippen molar-refractivity contribution >= 4 is 11.9 Å². The maximum absolute atomic E-state index is 11.3. The fourth-order valence-corrected chi connectivity index (χ4v) is 3.15. The van der Waals surface area contributed by atoms with Crippen LogP contribution in [-0.2, 0) is 4.79 Å². The summed E-state index contributed by atoms with van der Waals surface area (Å²) in [5.41, 5.74) is 0. The molecule has 0 aromatic carbocycles. The maximum Gasteiger partial charge on any atom is 0.307 e. The molecule has 1 saturated carbocycles. The molecule has 19 heavy (non-hydrogen) atoms. The first-order valence-electron chi connectivity index (χ1n) is 7.07. The number of nitrogens with zero attached hydrogens (tertiary/aromatic N) is 3. The van der Waals surface area contributed by atoms with Crippen LogP contribution in [0.3, 0.4) is 0 Å². The van der Waals surface area contributed by atoms with Crippen molar-refractivity contribution in [3.05, 3.63) is 5.89 Å². The molecule has 1 aromatic heterocycles. The Labute approximate surface area is 111 Å². The highest BCUT2D eigenvalue weighted by molar-refractivity contribution is 5.71. The van der Waals surface area contributed by atoms with E-state index in [4.69, 9.17) is 4.52 Å². The Kier molecular flexibility index (Phi) is 3.40. The molecule has 6 nitrogen and oxygen atoms in total. The smallest absolute Gasteiger partial charge is 0.307 e. The third kappa shape index (κ3) is 2.43. The van der Waals surface area contributed by atoms with E-state index in [2.05, 4.69) is 15.0 Å². The average Bonchev–Trinajstić information content (AvgIpc) is 3.09. The number of aliphatic carboxylic acids is 1. The van der Waals surface area contributed by atoms with E-state index in [1.165, 1.54) is 0 Å². The number of aromatic nitrogens is 2. The highest BCUT2D eigenvalue weighted by atomic mass is 16.5. The molecule has 6 heteroatoms. The van der Waals surface area contributed by atoms with Crippen LogP contribution in [0.5, 0.6) is 0 Å². The summed E-state index contributed by atoms with van der Waals surface area (Å²) in [5.74, 6) is -0.0995. The lowest BCUT2D eigenvalue weighted by molar-refractivity contribution is -0.143. The monoisotopic (exact) mass is 265 g/mol. The lowest BCUT2D eigenvalue weighted by atomic mass is 9.79. The van der Waals surface area contributed by atoms with Crippen LogP contribution in [0.4, 0.5) is 5.95 Å². The standard InChI is InChI=1S/C13H19N3O3/c17-12(18)10-6-2-1-5-9(10)11-14-13(15-19-11)16-7-3-4-8-16/h9-10H,1-8H2,(H,17,18). The van der Waals surface area contributed by atoms with E-state index >= 15 is 0 Å². The van der Waals surface area contributed by atoms with Crippen LogP contribution in [0.1, 0.15) is 50.3 Å². The van der Waals surface area contributed by atoms with Crippen molar-refractivity contribution in [3.63, 3.8) is 0 Å². The SMILES string of the molecule is O=C(O)C1CCCCC1c1nc(N2CCCC2)no1. The van der Waals surface area contributed by atoms with Crippen LogP contribution in [0.25, 0.3) is 0 Å². The highest BCUT2D eigenvalue weighted by Crippen LogP contribution is 2.37. The van der Waals surface area contributed by atoms with Gasteiger partial charge in [-0.2, -0.15) is 4.98 Å². The van der Waals surface area contributed by atoms with Crippen LogP contribution in [0, 0.1) is 5.92 Å². The number of carbonyl (C=O) groups is 1. The van der Waals surface area contributed by atoms with Crippen molar-refractivity contribution in [2.24, 2.45) is 5.92 Å². The Morgan fingerprint density at radius 3 is 2.68 bits per heavy atom. The molecule has 0 bridgehead atoms. The molecule has 2 heterocycles. The van der Waals surface area contributed by atoms with Crippen LogP contribution in [0.2, 0.25) is 0 Å². The van der Waals surface area contributed by atoms with Gasteiger partial charge in [0, 0.05) is 13.1 Å². The molecule has 1 N–H and O–H groups in total. The quantitative estimate of drug-likeness (QED) is 0.900. The fourth-order valence-electron chi connectivity index (χ4n) is 3.15. The van der Waals surface area contributed by atoms with Crippen LogP contribution in [0.15, 0.2) is 4.52 Å². The van der Waals surface area contributed by atoms with Crippen LogP contribution >= 0.6 is 0 Å². The first-order chi connectivity index (χ1) is 9.25. The predicted octanol–water partition coefficient (Wildman–Crippen LogP) is 2.03. The van der Waals surface area contributed by atoms with Crippen molar-refractivity contribution in [1.82, 2.24) is 10.1 Å². The van der Waals surface area contributed by atoms with Crippen LogP contribution in [-0.4, -0.2) is 34.3 Å². The number of rotatable bonds is 3. The minimum Gasteiger partial charge on any atom is -0.481 e. The van der Waals surface area contributed by atoms with E-state index in [1.807, 2.05) is 0 Å². The Balaban J connectivity index is 1.78. The molecule has 3 rings (SSSR count). The Hall–Kier alpha value is -1.59. The number of carboxylic acid groups (broad SMARTS) is 1. The zero-order valence-corrected chi connectivity index (χ0v) is 10.9. The normalized spacial score (nSPS) is 27.7. The summed E-state index contributed by atoms with van der Waals surface area (Å²) in [5, 5.41) is 13.3. The third-order valence-electron chi connectivity index (χ3n) is 4.22. The lowest BCUT2D eigenvalue weighted by Crippen LogP contribution is -2.26. The van der Waals surface area contributed by atoms with Gasteiger partial charge in [0.05, 0.1) is 11.8 Å². The largest absolute Gasteiger partial charge is 0.481 e. The molecule has 0 amide bonds. The van der Waals surface area contributed by atoms with Gasteiger partial charge in [-0.3, -0.25) is 4.79 Å². The first kappa shape index (κ1) is 12.4. The minimum absolute atomic E-state index is 0.116. The van der Waals surface area contributed by atoms with Gasteiger partial charge in [-0.1, -0.05) is 12.8 Å². The number of hydrogen-bond donors (Lipinski definition) is 1. The highest BCUT2D eigenvalue weighted by Gasteiger charge is 2.36. The summed E-state index contributed by atoms with van der Waals surface area (Å²) < 4.78 is 5.33. The van der Waals surface area contributed by atoms with E-state index < -0.39 is 5.97 Å². The topological polar surface area (TPSA) is 79.5 Å². The van der Waals surface area contributed by atoms with Crippen molar-refractivity contribution in [2.45, 2.75) is 44.4 Å². The molecule has 0 spiro atoms. The van der Waals surface area contributed by atoms with Crippen LogP contribution < -0.4 is 4.90 Å². The Bertz CT molecular complexity index is 454. The molecule has 2 unspecified atom stereocenters. The van der Waals surface area contributed by atoms with Gasteiger partial charge in [0.15, 0.2) is 0 Å². The number of anilines is 1. The van der Waals surface area contributed by atoms with E-state index in [0.29, 0.717) is 18.3 Å². The molecule has 1 aliphatic heterocycles. The predicted molar refractivity (Wildman–Crippen MR) is 68.1 cm³/mol. The number of hydrogen-bond acceptors (Lipinski definition) is 5. The molecule has 0 radical (unpaired) electrons. The van der Waals surface area contributed by atoms with Gasteiger partial charge in [0.25, 0.3) is 5.95 Å². The van der Waals surface area contributed by atoms with Gasteiger partial charge >= 0.3 is 5.97 Å². The molecular weight excluding hydrogens is 246 g/mol. The van der Waals surface area contributed by atoms with E-state index in [9.17, 15) is 9.90 Å². The van der Waals surface area contributed by atoms with E-state index in [-0.39, 0.29) is 11.8 Å². The second-order valence-electron chi connectivity index (χ2n) is 5.46. The Morgan fingerprint density at radius 1 is 1.21 bits per heavy atom. The fraction of sp³-hybridized carbons (Fsp3) is 0.769. The summed E-state index contributed by atoms with van der Waals surface area (Å²) in [6.07, 6.45) is 5.87. The molecule has 2 aliphatic rings. The maximum atomic E-state index is 11.3. The molecule has 1 aromatic rings. The molecule has 2 fully saturated rings. The molecule has 1 aliphatic carbocycles. The second-order valence-corrected chi connectivity index (χ2v) is 5.46. The molecule has 1 saturated heterocycles. The third-order valence-corrected chi connectivity index (χ3v) is 4.22. The van der Waals surface area contributed by atoms with Gasteiger partial charge < -0.3 is 14.5 Å². The van der Waals surface area contributed by atoms with Gasteiger partial charge in [0.2, 0.25) is 5.89 Å². The first-order valence-corrected chi connectivity index (χ1v) is 7.07. The lowest BCUT2D eigenvalue weighted by Gasteiger charge is -2.25. The minimum atomic E-state index is -0.745. The number of carboxylic acids is 1. The van der Waals surface area contributed by atoms with Crippen molar-refractivity contribution in [1.29, 1.82) is 0 Å². The molecule has 104 valence electrons. The molecule has 2 atom stereocenters. The molecular formula is C13H19N3O3. The average molecular weight is 265 g/mol. The summed E-state index contributed by atoms with van der Waals surface area (Å²) in [4.78, 5) is 17.8. The van der Waals surface area contributed by atoms with Crippen molar-refractivity contribution in [3.8, 4) is 0 Å². The Morgan fingerprint density at radius 2 is 1.95 bits per heavy atom. The van der Waals surface area contributed by atoms with E-state index in [0.717, 1.165) is 45.2 Å². The van der Waals surface area contributed by atoms with Gasteiger partial charge in [-0.15, -0.1) is 0 Å². The summed E-state index contributed by atoms with van der Waals surface area (Å²) in [6, 6.07) is 0. The zero-order valence-electron chi connectivity index (χ0n) is 10.9. The summed E-state index contributed by atoms with van der Waals surface area (Å²) in [7, 11) is 0. The van der Waals surface area contributed by atoms with Gasteiger partial charge in [-0.05, 0) is 30.8 Å².